The van der Waals surface area contributed by atoms with Crippen molar-refractivity contribution in [1.29, 1.82) is 0 Å². The fourth-order valence-corrected chi connectivity index (χ4v) is 1.12. The third kappa shape index (κ3) is 8.33. The lowest BCUT2D eigenvalue weighted by Gasteiger charge is -2.21. The molecular formula is C13H24O3. The van der Waals surface area contributed by atoms with E-state index in [1.54, 1.807) is 6.08 Å². The smallest absolute Gasteiger partial charge is 0.429 e. The topological polar surface area (TPSA) is 35.5 Å². The standard InChI is InChI=1S/C13H24O3/c1-7-11(9-8-10(2)3)15-12(14)16-13(4,5)6/h7,10-11H,1,8-9H2,2-6H3. The van der Waals surface area contributed by atoms with E-state index in [-0.39, 0.29) is 6.10 Å². The zero-order valence-electron chi connectivity index (χ0n) is 11.1. The van der Waals surface area contributed by atoms with Crippen LogP contribution < -0.4 is 0 Å². The molecule has 0 amide bonds. The van der Waals surface area contributed by atoms with Gasteiger partial charge in [-0.25, -0.2) is 4.79 Å². The summed E-state index contributed by atoms with van der Waals surface area (Å²) >= 11 is 0. The Kier molecular flexibility index (Phi) is 6.16. The molecule has 0 heterocycles. The molecule has 0 saturated heterocycles. The maximum Gasteiger partial charge on any atom is 0.509 e. The zero-order chi connectivity index (χ0) is 12.8. The molecule has 0 saturated carbocycles. The van der Waals surface area contributed by atoms with Crippen LogP contribution in [0.3, 0.4) is 0 Å². The Hall–Kier alpha value is -0.990. The van der Waals surface area contributed by atoms with Crippen molar-refractivity contribution in [3.05, 3.63) is 12.7 Å². The van der Waals surface area contributed by atoms with Gasteiger partial charge in [-0.2, -0.15) is 0 Å². The van der Waals surface area contributed by atoms with Gasteiger partial charge in [0.05, 0.1) is 0 Å². The van der Waals surface area contributed by atoms with E-state index in [2.05, 4.69) is 20.4 Å². The first-order valence-electron chi connectivity index (χ1n) is 5.76. The minimum absolute atomic E-state index is 0.253. The fraction of sp³-hybridized carbons (Fsp3) is 0.769. The van der Waals surface area contributed by atoms with Crippen LogP contribution in [-0.4, -0.2) is 17.9 Å². The van der Waals surface area contributed by atoms with Crippen molar-refractivity contribution in [3.63, 3.8) is 0 Å². The lowest BCUT2D eigenvalue weighted by atomic mass is 10.1. The van der Waals surface area contributed by atoms with E-state index in [1.807, 2.05) is 20.8 Å². The highest BCUT2D eigenvalue weighted by molar-refractivity contribution is 5.60. The van der Waals surface area contributed by atoms with Crippen molar-refractivity contribution >= 4 is 6.16 Å². The van der Waals surface area contributed by atoms with Crippen LogP contribution in [0.4, 0.5) is 4.79 Å². The van der Waals surface area contributed by atoms with Crippen LogP contribution in [-0.2, 0) is 9.47 Å². The van der Waals surface area contributed by atoms with Crippen LogP contribution >= 0.6 is 0 Å². The van der Waals surface area contributed by atoms with Crippen molar-refractivity contribution in [3.8, 4) is 0 Å². The summed E-state index contributed by atoms with van der Waals surface area (Å²) in [6.45, 7) is 13.4. The molecule has 94 valence electrons. The predicted octanol–water partition coefficient (Wildman–Crippen LogP) is 3.93. The number of hydrogen-bond acceptors (Lipinski definition) is 3. The van der Waals surface area contributed by atoms with Gasteiger partial charge in [-0.3, -0.25) is 0 Å². The quantitative estimate of drug-likeness (QED) is 0.528. The maximum absolute atomic E-state index is 11.4. The first-order chi connectivity index (χ1) is 7.24. The highest BCUT2D eigenvalue weighted by Crippen LogP contribution is 2.14. The minimum Gasteiger partial charge on any atom is -0.429 e. The predicted molar refractivity (Wildman–Crippen MR) is 65.4 cm³/mol. The Morgan fingerprint density at radius 2 is 1.88 bits per heavy atom. The highest BCUT2D eigenvalue weighted by atomic mass is 16.7. The molecule has 0 radical (unpaired) electrons. The Bertz CT molecular complexity index is 226. The molecule has 0 aliphatic rings. The van der Waals surface area contributed by atoms with Gasteiger partial charge in [-0.05, 0) is 39.5 Å². The van der Waals surface area contributed by atoms with Gasteiger partial charge >= 0.3 is 6.16 Å². The number of rotatable bonds is 5. The summed E-state index contributed by atoms with van der Waals surface area (Å²) in [4.78, 5) is 11.4. The van der Waals surface area contributed by atoms with Gasteiger partial charge in [-0.1, -0.05) is 26.5 Å². The van der Waals surface area contributed by atoms with Gasteiger partial charge in [0, 0.05) is 0 Å². The molecule has 0 aromatic carbocycles. The van der Waals surface area contributed by atoms with Crippen molar-refractivity contribution in [1.82, 2.24) is 0 Å². The first-order valence-corrected chi connectivity index (χ1v) is 5.76. The molecular weight excluding hydrogens is 204 g/mol. The monoisotopic (exact) mass is 228 g/mol. The molecule has 0 fully saturated rings. The third-order valence-corrected chi connectivity index (χ3v) is 1.93. The second kappa shape index (κ2) is 6.56. The Morgan fingerprint density at radius 1 is 1.31 bits per heavy atom. The van der Waals surface area contributed by atoms with Crippen LogP contribution in [0.5, 0.6) is 0 Å². The van der Waals surface area contributed by atoms with Crippen LogP contribution in [0.1, 0.15) is 47.5 Å². The summed E-state index contributed by atoms with van der Waals surface area (Å²) < 4.78 is 10.2. The van der Waals surface area contributed by atoms with Crippen molar-refractivity contribution < 1.29 is 14.3 Å². The van der Waals surface area contributed by atoms with Crippen LogP contribution in [0, 0.1) is 5.92 Å². The Labute approximate surface area is 98.8 Å². The van der Waals surface area contributed by atoms with Crippen molar-refractivity contribution in [2.24, 2.45) is 5.92 Å². The van der Waals surface area contributed by atoms with Gasteiger partial charge in [0.2, 0.25) is 0 Å². The second-order valence-electron chi connectivity index (χ2n) is 5.33. The molecule has 16 heavy (non-hydrogen) atoms. The van der Waals surface area contributed by atoms with Gasteiger partial charge in [-0.15, -0.1) is 0 Å². The van der Waals surface area contributed by atoms with Crippen molar-refractivity contribution in [2.45, 2.75) is 59.2 Å². The molecule has 3 nitrogen and oxygen atoms in total. The van der Waals surface area contributed by atoms with Crippen molar-refractivity contribution in [2.75, 3.05) is 0 Å². The number of carbonyl (C=O) groups is 1. The summed E-state index contributed by atoms with van der Waals surface area (Å²) in [5, 5.41) is 0. The molecule has 0 spiro atoms. The molecule has 0 aromatic rings. The summed E-state index contributed by atoms with van der Waals surface area (Å²) in [6, 6.07) is 0. The highest BCUT2D eigenvalue weighted by Gasteiger charge is 2.20. The summed E-state index contributed by atoms with van der Waals surface area (Å²) in [5.74, 6) is 0.588. The molecule has 0 aliphatic heterocycles. The average Bonchev–Trinajstić information content (AvgIpc) is 2.08. The lowest BCUT2D eigenvalue weighted by molar-refractivity contribution is -0.0201. The van der Waals surface area contributed by atoms with Crippen LogP contribution in [0.15, 0.2) is 12.7 Å². The van der Waals surface area contributed by atoms with E-state index in [0.717, 1.165) is 12.8 Å². The minimum atomic E-state index is -0.624. The molecule has 3 heteroatoms. The molecule has 0 bridgehead atoms. The van der Waals surface area contributed by atoms with Crippen LogP contribution in [0.25, 0.3) is 0 Å². The maximum atomic E-state index is 11.4. The molecule has 0 rings (SSSR count). The van der Waals surface area contributed by atoms with Gasteiger partial charge in [0.25, 0.3) is 0 Å². The van der Waals surface area contributed by atoms with E-state index in [9.17, 15) is 4.79 Å². The summed E-state index contributed by atoms with van der Waals surface area (Å²) in [6.07, 6.45) is 2.56. The first kappa shape index (κ1) is 15.0. The molecule has 0 aromatic heterocycles. The molecule has 1 atom stereocenters. The normalized spacial score (nSPS) is 13.4. The van der Waals surface area contributed by atoms with Gasteiger partial charge in [0.1, 0.15) is 11.7 Å². The number of ether oxygens (including phenoxy) is 2. The fourth-order valence-electron chi connectivity index (χ4n) is 1.12. The third-order valence-electron chi connectivity index (χ3n) is 1.93. The largest absolute Gasteiger partial charge is 0.509 e. The second-order valence-corrected chi connectivity index (χ2v) is 5.33. The van der Waals surface area contributed by atoms with Gasteiger partial charge in [0.15, 0.2) is 0 Å². The molecule has 0 N–H and O–H groups in total. The average molecular weight is 228 g/mol. The van der Waals surface area contributed by atoms with E-state index >= 15 is 0 Å². The van der Waals surface area contributed by atoms with E-state index in [0.29, 0.717) is 5.92 Å². The van der Waals surface area contributed by atoms with E-state index < -0.39 is 11.8 Å². The lowest BCUT2D eigenvalue weighted by Crippen LogP contribution is -2.27. The number of carbonyl (C=O) groups excluding carboxylic acids is 1. The van der Waals surface area contributed by atoms with Gasteiger partial charge < -0.3 is 9.47 Å². The Morgan fingerprint density at radius 3 is 2.25 bits per heavy atom. The zero-order valence-corrected chi connectivity index (χ0v) is 11.1. The Balaban J connectivity index is 4.02. The number of hydrogen-bond donors (Lipinski definition) is 0. The molecule has 0 aliphatic carbocycles. The summed E-state index contributed by atoms with van der Waals surface area (Å²) in [7, 11) is 0. The molecule has 1 unspecified atom stereocenters. The summed E-state index contributed by atoms with van der Waals surface area (Å²) in [5.41, 5.74) is -0.513. The van der Waals surface area contributed by atoms with Crippen LogP contribution in [0.2, 0.25) is 0 Å². The van der Waals surface area contributed by atoms with E-state index in [1.165, 1.54) is 0 Å². The SMILES string of the molecule is C=CC(CCC(C)C)OC(=O)OC(C)(C)C. The van der Waals surface area contributed by atoms with E-state index in [4.69, 9.17) is 9.47 Å².